The first-order valence-electron chi connectivity index (χ1n) is 4.98. The molecule has 3 rings (SSSR count). The van der Waals surface area contributed by atoms with E-state index in [0.717, 1.165) is 35.3 Å². The molecule has 0 radical (unpaired) electrons. The molecule has 1 aromatic rings. The third kappa shape index (κ3) is 1.11. The lowest BCUT2D eigenvalue weighted by Gasteiger charge is -2.35. The van der Waals surface area contributed by atoms with E-state index in [1.54, 1.807) is 0 Å². The van der Waals surface area contributed by atoms with Crippen LogP contribution in [0.15, 0.2) is 29.3 Å². The summed E-state index contributed by atoms with van der Waals surface area (Å²) in [7, 11) is 2.04. The number of hydrogen-bond donors (Lipinski definition) is 0. The molecule has 0 saturated heterocycles. The SMILES string of the molecule is CN1C2=NCCN2C(=S)c2ccccc21. The summed E-state index contributed by atoms with van der Waals surface area (Å²) in [6.07, 6.45) is 0. The van der Waals surface area contributed by atoms with Gasteiger partial charge in [-0.1, -0.05) is 24.4 Å². The van der Waals surface area contributed by atoms with Crippen molar-refractivity contribution < 1.29 is 0 Å². The van der Waals surface area contributed by atoms with Gasteiger partial charge in [-0.25, -0.2) is 0 Å². The van der Waals surface area contributed by atoms with Gasteiger partial charge in [0, 0.05) is 19.2 Å². The molecule has 0 fully saturated rings. The van der Waals surface area contributed by atoms with E-state index in [0.29, 0.717) is 0 Å². The highest BCUT2D eigenvalue weighted by Crippen LogP contribution is 2.29. The molecule has 2 heterocycles. The number of guanidine groups is 1. The van der Waals surface area contributed by atoms with Gasteiger partial charge in [0.15, 0.2) is 0 Å². The van der Waals surface area contributed by atoms with E-state index in [1.165, 1.54) is 0 Å². The van der Waals surface area contributed by atoms with Crippen LogP contribution >= 0.6 is 12.2 Å². The van der Waals surface area contributed by atoms with Gasteiger partial charge in [-0.05, 0) is 12.1 Å². The third-order valence-corrected chi connectivity index (χ3v) is 3.30. The van der Waals surface area contributed by atoms with Crippen LogP contribution in [0.3, 0.4) is 0 Å². The fraction of sp³-hybridized carbons (Fsp3) is 0.273. The molecule has 2 aliphatic heterocycles. The number of nitrogens with zero attached hydrogens (tertiary/aromatic N) is 3. The van der Waals surface area contributed by atoms with E-state index < -0.39 is 0 Å². The molecule has 0 saturated carbocycles. The summed E-state index contributed by atoms with van der Waals surface area (Å²) in [6, 6.07) is 8.21. The molecule has 2 aliphatic rings. The summed E-state index contributed by atoms with van der Waals surface area (Å²) in [5.41, 5.74) is 2.29. The van der Waals surface area contributed by atoms with Gasteiger partial charge in [0.2, 0.25) is 5.96 Å². The fourth-order valence-electron chi connectivity index (χ4n) is 2.11. The van der Waals surface area contributed by atoms with E-state index >= 15 is 0 Å². The minimum absolute atomic E-state index is 0.841. The quantitative estimate of drug-likeness (QED) is 0.613. The van der Waals surface area contributed by atoms with Crippen LogP contribution in [-0.2, 0) is 0 Å². The average Bonchev–Trinajstić information content (AvgIpc) is 2.75. The zero-order chi connectivity index (χ0) is 10.4. The maximum absolute atomic E-state index is 5.47. The highest BCUT2D eigenvalue weighted by molar-refractivity contribution is 7.80. The Bertz CT molecular complexity index is 467. The number of fused-ring (bicyclic) bond motifs is 2. The number of thiocarbonyl (C=S) groups is 1. The number of hydrogen-bond acceptors (Lipinski definition) is 3. The summed E-state index contributed by atoms with van der Waals surface area (Å²) in [5, 5.41) is 0. The lowest BCUT2D eigenvalue weighted by molar-refractivity contribution is 0.661. The second-order valence-corrected chi connectivity index (χ2v) is 4.10. The summed E-state index contributed by atoms with van der Waals surface area (Å²) in [5.74, 6) is 0.985. The number of benzene rings is 1. The maximum Gasteiger partial charge on any atom is 0.206 e. The first-order chi connectivity index (χ1) is 7.29. The summed E-state index contributed by atoms with van der Waals surface area (Å²) in [4.78, 5) is 9.59. The second kappa shape index (κ2) is 3.03. The Morgan fingerprint density at radius 2 is 2.13 bits per heavy atom. The molecule has 0 bridgehead atoms. The Labute approximate surface area is 94.0 Å². The van der Waals surface area contributed by atoms with Gasteiger partial charge in [-0.2, -0.15) is 0 Å². The zero-order valence-corrected chi connectivity index (χ0v) is 9.29. The number of para-hydroxylation sites is 1. The second-order valence-electron chi connectivity index (χ2n) is 3.71. The third-order valence-electron chi connectivity index (χ3n) is 2.86. The largest absolute Gasteiger partial charge is 0.315 e. The topological polar surface area (TPSA) is 18.8 Å². The smallest absolute Gasteiger partial charge is 0.206 e. The standard InChI is InChI=1S/C11H11N3S/c1-13-9-5-3-2-4-8(9)10(15)14-7-6-12-11(13)14/h2-5H,6-7H2,1H3. The molecular weight excluding hydrogens is 206 g/mol. The Morgan fingerprint density at radius 3 is 3.00 bits per heavy atom. The van der Waals surface area contributed by atoms with Crippen molar-refractivity contribution in [3.8, 4) is 0 Å². The zero-order valence-electron chi connectivity index (χ0n) is 8.47. The van der Waals surface area contributed by atoms with Crippen LogP contribution in [0.4, 0.5) is 5.69 Å². The number of aliphatic imine (C=N–C) groups is 1. The first kappa shape index (κ1) is 8.85. The van der Waals surface area contributed by atoms with E-state index in [-0.39, 0.29) is 0 Å². The van der Waals surface area contributed by atoms with Crippen molar-refractivity contribution in [1.29, 1.82) is 0 Å². The molecule has 0 atom stereocenters. The molecule has 3 nitrogen and oxygen atoms in total. The maximum atomic E-state index is 5.47. The van der Waals surface area contributed by atoms with E-state index in [4.69, 9.17) is 12.2 Å². The molecule has 0 unspecified atom stereocenters. The first-order valence-corrected chi connectivity index (χ1v) is 5.39. The molecule has 15 heavy (non-hydrogen) atoms. The molecule has 0 spiro atoms. The van der Waals surface area contributed by atoms with Crippen molar-refractivity contribution in [3.05, 3.63) is 29.8 Å². The van der Waals surface area contributed by atoms with Crippen LogP contribution in [0.25, 0.3) is 0 Å². The number of anilines is 1. The van der Waals surface area contributed by atoms with Crippen LogP contribution < -0.4 is 4.90 Å². The minimum Gasteiger partial charge on any atom is -0.315 e. The Hall–Kier alpha value is -1.42. The van der Waals surface area contributed by atoms with Crippen LogP contribution in [0.1, 0.15) is 5.56 Å². The Kier molecular flexibility index (Phi) is 1.79. The molecule has 0 aromatic heterocycles. The van der Waals surface area contributed by atoms with Crippen LogP contribution in [0, 0.1) is 0 Å². The summed E-state index contributed by atoms with van der Waals surface area (Å²) in [6.45, 7) is 1.75. The van der Waals surface area contributed by atoms with Gasteiger partial charge in [-0.15, -0.1) is 0 Å². The van der Waals surface area contributed by atoms with E-state index in [1.807, 2.05) is 19.2 Å². The number of rotatable bonds is 0. The van der Waals surface area contributed by atoms with Crippen molar-refractivity contribution in [2.75, 3.05) is 25.0 Å². The highest BCUT2D eigenvalue weighted by Gasteiger charge is 2.32. The van der Waals surface area contributed by atoms with E-state index in [2.05, 4.69) is 26.9 Å². The van der Waals surface area contributed by atoms with Gasteiger partial charge in [0.05, 0.1) is 12.2 Å². The monoisotopic (exact) mass is 217 g/mol. The van der Waals surface area contributed by atoms with Crippen molar-refractivity contribution in [2.24, 2.45) is 4.99 Å². The predicted octanol–water partition coefficient (Wildman–Crippen LogP) is 1.48. The molecule has 0 aliphatic carbocycles. The van der Waals surface area contributed by atoms with E-state index in [9.17, 15) is 0 Å². The van der Waals surface area contributed by atoms with Crippen LogP contribution in [0.5, 0.6) is 0 Å². The van der Waals surface area contributed by atoms with Gasteiger partial charge in [0.25, 0.3) is 0 Å². The Balaban J connectivity index is 2.21. The molecular formula is C11H11N3S. The van der Waals surface area contributed by atoms with Crippen molar-refractivity contribution in [1.82, 2.24) is 4.90 Å². The average molecular weight is 217 g/mol. The summed E-state index contributed by atoms with van der Waals surface area (Å²) >= 11 is 5.47. The molecule has 76 valence electrons. The lowest BCUT2D eigenvalue weighted by Crippen LogP contribution is -2.47. The molecule has 4 heteroatoms. The van der Waals surface area contributed by atoms with Crippen molar-refractivity contribution >= 4 is 28.9 Å². The normalized spacial score (nSPS) is 18.7. The van der Waals surface area contributed by atoms with Crippen LogP contribution in [-0.4, -0.2) is 36.0 Å². The van der Waals surface area contributed by atoms with Crippen molar-refractivity contribution in [2.45, 2.75) is 0 Å². The molecule has 0 N–H and O–H groups in total. The fourth-order valence-corrected chi connectivity index (χ4v) is 2.46. The van der Waals surface area contributed by atoms with Crippen LogP contribution in [0.2, 0.25) is 0 Å². The van der Waals surface area contributed by atoms with Gasteiger partial charge in [-0.3, -0.25) is 4.99 Å². The van der Waals surface area contributed by atoms with Gasteiger partial charge < -0.3 is 9.80 Å². The predicted molar refractivity (Wildman–Crippen MR) is 65.6 cm³/mol. The Morgan fingerprint density at radius 1 is 1.33 bits per heavy atom. The molecule has 1 aromatic carbocycles. The highest BCUT2D eigenvalue weighted by atomic mass is 32.1. The molecule has 0 amide bonds. The van der Waals surface area contributed by atoms with Gasteiger partial charge in [0.1, 0.15) is 4.99 Å². The van der Waals surface area contributed by atoms with Gasteiger partial charge >= 0.3 is 0 Å². The minimum atomic E-state index is 0.841. The van der Waals surface area contributed by atoms with Crippen molar-refractivity contribution in [3.63, 3.8) is 0 Å². The lowest BCUT2D eigenvalue weighted by atomic mass is 10.1. The summed E-state index contributed by atoms with van der Waals surface area (Å²) < 4.78 is 0.